The van der Waals surface area contributed by atoms with Crippen LogP contribution < -0.4 is 5.32 Å². The first-order valence-electron chi connectivity index (χ1n) is 8.69. The van der Waals surface area contributed by atoms with Crippen molar-refractivity contribution in [2.24, 2.45) is 5.92 Å². The quantitative estimate of drug-likeness (QED) is 0.693. The number of carbonyl (C=O) groups excluding carboxylic acids is 2. The van der Waals surface area contributed by atoms with Crippen LogP contribution in [0.25, 0.3) is 0 Å². The first kappa shape index (κ1) is 20.8. The third kappa shape index (κ3) is 4.74. The Balaban J connectivity index is 1.52. The summed E-state index contributed by atoms with van der Waals surface area (Å²) in [6, 6.07) is 6.09. The van der Waals surface area contributed by atoms with Crippen molar-refractivity contribution >= 4 is 46.6 Å². The Bertz CT molecular complexity index is 890. The summed E-state index contributed by atoms with van der Waals surface area (Å²) in [5.74, 6) is -1.44. The van der Waals surface area contributed by atoms with E-state index in [0.717, 1.165) is 6.42 Å². The summed E-state index contributed by atoms with van der Waals surface area (Å²) in [6.45, 7) is 1.40. The second-order valence-corrected chi connectivity index (χ2v) is 7.78. The van der Waals surface area contributed by atoms with Crippen molar-refractivity contribution in [3.05, 3.63) is 62.6 Å². The normalized spacial score (nSPS) is 16.3. The molecule has 0 radical (unpaired) electrons. The molecule has 1 aromatic carbocycles. The van der Waals surface area contributed by atoms with Crippen molar-refractivity contribution in [1.82, 2.24) is 15.2 Å². The molecule has 1 unspecified atom stereocenters. The van der Waals surface area contributed by atoms with Crippen LogP contribution in [-0.2, 0) is 0 Å². The van der Waals surface area contributed by atoms with Crippen molar-refractivity contribution in [2.45, 2.75) is 12.8 Å². The summed E-state index contributed by atoms with van der Waals surface area (Å²) in [5, 5.41) is 3.62. The summed E-state index contributed by atoms with van der Waals surface area (Å²) in [5.41, 5.74) is 0.118. The lowest BCUT2D eigenvalue weighted by Gasteiger charge is -2.17. The van der Waals surface area contributed by atoms with Gasteiger partial charge in [-0.05, 0) is 43.0 Å². The second-order valence-electron chi connectivity index (χ2n) is 6.53. The Morgan fingerprint density at radius 3 is 2.75 bits per heavy atom. The molecular weight excluding hydrogens is 428 g/mol. The Kier molecular flexibility index (Phi) is 6.75. The highest BCUT2D eigenvalue weighted by Gasteiger charge is 2.30. The largest absolute Gasteiger partial charge is 0.352 e. The molecule has 0 saturated carbocycles. The molecule has 9 heteroatoms. The molecule has 2 amide bonds. The number of hydrogen-bond acceptors (Lipinski definition) is 3. The Morgan fingerprint density at radius 2 is 2.00 bits per heavy atom. The number of benzene rings is 1. The fourth-order valence-electron chi connectivity index (χ4n) is 3.17. The fourth-order valence-corrected chi connectivity index (χ4v) is 3.76. The lowest BCUT2D eigenvalue weighted by molar-refractivity contribution is 0.0779. The van der Waals surface area contributed by atoms with Gasteiger partial charge < -0.3 is 10.2 Å². The van der Waals surface area contributed by atoms with E-state index in [0.29, 0.717) is 41.7 Å². The highest BCUT2D eigenvalue weighted by atomic mass is 35.5. The number of pyridine rings is 1. The molecule has 5 nitrogen and oxygen atoms in total. The van der Waals surface area contributed by atoms with E-state index in [-0.39, 0.29) is 22.4 Å². The number of nitrogens with zero attached hydrogens (tertiary/aromatic N) is 2. The molecule has 2 aromatic rings. The van der Waals surface area contributed by atoms with Crippen LogP contribution in [0.5, 0.6) is 0 Å². The van der Waals surface area contributed by atoms with E-state index in [1.165, 1.54) is 18.3 Å². The average Bonchev–Trinajstić information content (AvgIpc) is 3.12. The Morgan fingerprint density at radius 1 is 1.21 bits per heavy atom. The first-order valence-corrected chi connectivity index (χ1v) is 9.82. The van der Waals surface area contributed by atoms with Crippen LogP contribution in [0, 0.1) is 11.9 Å². The number of aromatic nitrogens is 1. The van der Waals surface area contributed by atoms with E-state index in [1.54, 1.807) is 17.0 Å². The summed E-state index contributed by atoms with van der Waals surface area (Å²) in [7, 11) is 0. The number of carbonyl (C=O) groups is 2. The third-order valence-electron chi connectivity index (χ3n) is 4.65. The molecule has 0 bridgehead atoms. The van der Waals surface area contributed by atoms with Gasteiger partial charge in [0.1, 0.15) is 5.56 Å². The molecule has 1 aromatic heterocycles. The summed E-state index contributed by atoms with van der Waals surface area (Å²) in [4.78, 5) is 29.8. The highest BCUT2D eigenvalue weighted by molar-refractivity contribution is 6.35. The van der Waals surface area contributed by atoms with E-state index >= 15 is 0 Å². The predicted octanol–water partition coefficient (Wildman–Crippen LogP) is 4.46. The molecule has 1 aliphatic heterocycles. The van der Waals surface area contributed by atoms with E-state index in [9.17, 15) is 14.0 Å². The highest BCUT2D eigenvalue weighted by Crippen LogP contribution is 2.25. The van der Waals surface area contributed by atoms with Crippen LogP contribution in [0.4, 0.5) is 4.39 Å². The summed E-state index contributed by atoms with van der Waals surface area (Å²) < 4.78 is 13.9. The van der Waals surface area contributed by atoms with E-state index < -0.39 is 11.9 Å². The van der Waals surface area contributed by atoms with Crippen LogP contribution in [0.2, 0.25) is 15.1 Å². The van der Waals surface area contributed by atoms with Crippen LogP contribution in [-0.4, -0.2) is 41.3 Å². The minimum atomic E-state index is -0.869. The van der Waals surface area contributed by atoms with Crippen LogP contribution in [0.15, 0.2) is 30.5 Å². The van der Waals surface area contributed by atoms with Gasteiger partial charge in [-0.1, -0.05) is 34.8 Å². The predicted molar refractivity (Wildman–Crippen MR) is 107 cm³/mol. The zero-order chi connectivity index (χ0) is 20.3. The molecule has 28 heavy (non-hydrogen) atoms. The van der Waals surface area contributed by atoms with Gasteiger partial charge in [-0.2, -0.15) is 4.39 Å². The molecule has 3 rings (SSSR count). The number of rotatable bonds is 5. The molecule has 148 valence electrons. The fraction of sp³-hybridized carbons (Fsp3) is 0.316. The molecular formula is C19H17Cl3FN3O2. The van der Waals surface area contributed by atoms with E-state index in [1.807, 2.05) is 0 Å². The zero-order valence-electron chi connectivity index (χ0n) is 14.7. The lowest BCUT2D eigenvalue weighted by atomic mass is 10.1. The number of likely N-dealkylation sites (tertiary alicyclic amines) is 1. The van der Waals surface area contributed by atoms with Gasteiger partial charge in [0.25, 0.3) is 11.8 Å². The maximum absolute atomic E-state index is 13.9. The van der Waals surface area contributed by atoms with Gasteiger partial charge in [0.2, 0.25) is 5.95 Å². The molecule has 1 saturated heterocycles. The molecule has 0 aliphatic carbocycles. The smallest absolute Gasteiger partial charge is 0.260 e. The van der Waals surface area contributed by atoms with Crippen molar-refractivity contribution in [3.63, 3.8) is 0 Å². The van der Waals surface area contributed by atoms with Crippen LogP contribution >= 0.6 is 34.8 Å². The molecule has 1 N–H and O–H groups in total. The van der Waals surface area contributed by atoms with Crippen molar-refractivity contribution in [1.29, 1.82) is 0 Å². The minimum absolute atomic E-state index is 0.0478. The molecule has 1 fully saturated rings. The summed E-state index contributed by atoms with van der Waals surface area (Å²) in [6.07, 6.45) is 2.66. The number of hydrogen-bond donors (Lipinski definition) is 1. The van der Waals surface area contributed by atoms with Crippen molar-refractivity contribution in [2.75, 3.05) is 19.6 Å². The maximum Gasteiger partial charge on any atom is 0.260 e. The Labute approximate surface area is 176 Å². The number of nitrogens with one attached hydrogen (secondary N) is 1. The van der Waals surface area contributed by atoms with Gasteiger partial charge >= 0.3 is 0 Å². The van der Waals surface area contributed by atoms with Crippen molar-refractivity contribution < 1.29 is 14.0 Å². The number of amides is 2. The molecule has 1 aliphatic rings. The van der Waals surface area contributed by atoms with Gasteiger partial charge in [-0.15, -0.1) is 0 Å². The van der Waals surface area contributed by atoms with Gasteiger partial charge in [0.05, 0.1) is 15.6 Å². The zero-order valence-corrected chi connectivity index (χ0v) is 17.0. The standard InChI is InChI=1S/C19H17Cl3FN3O2/c20-12-1-2-14(21)13(9-12)18(27)25-6-3-11-5-8-26(10-11)19(28)16-15(22)4-7-24-17(16)23/h1-2,4,7,9,11H,3,5-6,8,10H2,(H,25,27). The molecule has 2 heterocycles. The lowest BCUT2D eigenvalue weighted by Crippen LogP contribution is -2.31. The minimum Gasteiger partial charge on any atom is -0.352 e. The topological polar surface area (TPSA) is 62.3 Å². The van der Waals surface area contributed by atoms with Crippen LogP contribution in [0.3, 0.4) is 0 Å². The van der Waals surface area contributed by atoms with Gasteiger partial charge in [-0.3, -0.25) is 9.59 Å². The van der Waals surface area contributed by atoms with Crippen molar-refractivity contribution in [3.8, 4) is 0 Å². The Hall–Kier alpha value is -1.89. The molecule has 1 atom stereocenters. The second kappa shape index (κ2) is 9.07. The third-order valence-corrected chi connectivity index (χ3v) is 5.53. The van der Waals surface area contributed by atoms with Gasteiger partial charge in [0, 0.05) is 30.9 Å². The SMILES string of the molecule is O=C(NCCC1CCN(C(=O)c2c(Cl)ccnc2F)C1)c1cc(Cl)ccc1Cl. The maximum atomic E-state index is 13.9. The monoisotopic (exact) mass is 443 g/mol. The molecule has 0 spiro atoms. The average molecular weight is 445 g/mol. The van der Waals surface area contributed by atoms with E-state index in [2.05, 4.69) is 10.3 Å². The first-order chi connectivity index (χ1) is 13.4. The number of halogens is 4. The van der Waals surface area contributed by atoms with E-state index in [4.69, 9.17) is 34.8 Å². The van der Waals surface area contributed by atoms with Gasteiger partial charge in [-0.25, -0.2) is 4.98 Å². The summed E-state index contributed by atoms with van der Waals surface area (Å²) >= 11 is 17.9. The van der Waals surface area contributed by atoms with Gasteiger partial charge in [0.15, 0.2) is 0 Å². The van der Waals surface area contributed by atoms with Crippen LogP contribution in [0.1, 0.15) is 33.6 Å².